The van der Waals surface area contributed by atoms with Gasteiger partial charge in [0, 0.05) is 10.7 Å². The van der Waals surface area contributed by atoms with Crippen LogP contribution in [0, 0.1) is 6.92 Å². The summed E-state index contributed by atoms with van der Waals surface area (Å²) in [6.07, 6.45) is 1.03. The van der Waals surface area contributed by atoms with Crippen LogP contribution in [0.1, 0.15) is 29.8 Å². The van der Waals surface area contributed by atoms with Crippen LogP contribution in [0.2, 0.25) is 5.02 Å². The summed E-state index contributed by atoms with van der Waals surface area (Å²) in [5, 5.41) is 3.06. The number of carbonyl (C=O) groups excluding carboxylic acids is 2. The highest BCUT2D eigenvalue weighted by molar-refractivity contribution is 7.92. The number of hydrogen-bond acceptors (Lipinski definition) is 5. The Labute approximate surface area is 175 Å². The van der Waals surface area contributed by atoms with E-state index >= 15 is 0 Å². The van der Waals surface area contributed by atoms with Gasteiger partial charge in [-0.1, -0.05) is 17.7 Å². The molecule has 1 N–H and O–H groups in total. The molecule has 9 heteroatoms. The van der Waals surface area contributed by atoms with E-state index < -0.39 is 27.9 Å². The van der Waals surface area contributed by atoms with E-state index in [0.29, 0.717) is 22.0 Å². The molecule has 29 heavy (non-hydrogen) atoms. The minimum Gasteiger partial charge on any atom is -0.462 e. The van der Waals surface area contributed by atoms with E-state index in [0.717, 1.165) is 16.1 Å². The predicted octanol–water partition coefficient (Wildman–Crippen LogP) is 3.62. The molecule has 0 aromatic heterocycles. The van der Waals surface area contributed by atoms with Crippen LogP contribution in [0.4, 0.5) is 11.4 Å². The quantitative estimate of drug-likeness (QED) is 0.666. The summed E-state index contributed by atoms with van der Waals surface area (Å²) in [5.74, 6) is -0.991. The molecule has 0 aliphatic rings. The molecule has 156 valence electrons. The normalized spacial score (nSPS) is 12.2. The lowest BCUT2D eigenvalue weighted by atomic mass is 10.2. The van der Waals surface area contributed by atoms with E-state index in [2.05, 4.69) is 5.32 Å². The van der Waals surface area contributed by atoms with E-state index in [1.165, 1.54) is 25.1 Å². The molecule has 1 amide bonds. The van der Waals surface area contributed by atoms with Crippen molar-refractivity contribution in [2.45, 2.75) is 26.8 Å². The van der Waals surface area contributed by atoms with Crippen LogP contribution in [0.25, 0.3) is 0 Å². The van der Waals surface area contributed by atoms with Crippen molar-refractivity contribution >= 4 is 44.9 Å². The Morgan fingerprint density at radius 2 is 1.79 bits per heavy atom. The predicted molar refractivity (Wildman–Crippen MR) is 114 cm³/mol. The van der Waals surface area contributed by atoms with Crippen molar-refractivity contribution in [3.63, 3.8) is 0 Å². The first-order valence-corrected chi connectivity index (χ1v) is 11.1. The first-order chi connectivity index (χ1) is 13.5. The first kappa shape index (κ1) is 22.7. The van der Waals surface area contributed by atoms with Crippen molar-refractivity contribution in [1.82, 2.24) is 0 Å². The van der Waals surface area contributed by atoms with Crippen LogP contribution in [0.15, 0.2) is 42.5 Å². The van der Waals surface area contributed by atoms with Gasteiger partial charge < -0.3 is 10.1 Å². The van der Waals surface area contributed by atoms with Crippen LogP contribution < -0.4 is 9.62 Å². The highest BCUT2D eigenvalue weighted by Gasteiger charge is 2.29. The zero-order valence-electron chi connectivity index (χ0n) is 16.6. The summed E-state index contributed by atoms with van der Waals surface area (Å²) in [4.78, 5) is 24.4. The van der Waals surface area contributed by atoms with Crippen molar-refractivity contribution < 1.29 is 22.7 Å². The standard InChI is InChI=1S/C20H23ClN2O5S/c1-5-28-20(25)15-7-9-16(10-8-15)22-19(24)14(3)23(29(4,26)27)17-11-6-13(2)18(21)12-17/h6-12,14H,5H2,1-4H3,(H,22,24)/t14-/m1/s1. The van der Waals surface area contributed by atoms with E-state index in [1.54, 1.807) is 38.1 Å². The second-order valence-electron chi connectivity index (χ2n) is 6.46. The third kappa shape index (κ3) is 5.71. The summed E-state index contributed by atoms with van der Waals surface area (Å²) in [6.45, 7) is 5.26. The van der Waals surface area contributed by atoms with Crippen LogP contribution in [0.3, 0.4) is 0 Å². The van der Waals surface area contributed by atoms with Gasteiger partial charge >= 0.3 is 5.97 Å². The van der Waals surface area contributed by atoms with Gasteiger partial charge in [-0.05, 0) is 62.7 Å². The van der Waals surface area contributed by atoms with Crippen LogP contribution in [-0.2, 0) is 19.6 Å². The monoisotopic (exact) mass is 438 g/mol. The lowest BCUT2D eigenvalue weighted by molar-refractivity contribution is -0.116. The second-order valence-corrected chi connectivity index (χ2v) is 8.72. The zero-order chi connectivity index (χ0) is 21.8. The van der Waals surface area contributed by atoms with Gasteiger partial charge in [-0.25, -0.2) is 13.2 Å². The van der Waals surface area contributed by atoms with Crippen molar-refractivity contribution in [2.24, 2.45) is 0 Å². The van der Waals surface area contributed by atoms with Gasteiger partial charge in [0.1, 0.15) is 6.04 Å². The van der Waals surface area contributed by atoms with E-state index in [9.17, 15) is 18.0 Å². The van der Waals surface area contributed by atoms with Gasteiger partial charge in [-0.2, -0.15) is 0 Å². The maximum absolute atomic E-state index is 12.7. The summed E-state index contributed by atoms with van der Waals surface area (Å²) < 4.78 is 30.6. The number of nitrogens with one attached hydrogen (secondary N) is 1. The van der Waals surface area contributed by atoms with Crippen molar-refractivity contribution in [3.8, 4) is 0 Å². The number of sulfonamides is 1. The Morgan fingerprint density at radius 1 is 1.17 bits per heavy atom. The van der Waals surface area contributed by atoms with Crippen LogP contribution in [-0.4, -0.2) is 39.2 Å². The summed E-state index contributed by atoms with van der Waals surface area (Å²) >= 11 is 6.12. The minimum absolute atomic E-state index is 0.263. The van der Waals surface area contributed by atoms with Gasteiger partial charge in [-0.15, -0.1) is 0 Å². The molecule has 1 atom stereocenters. The molecule has 0 bridgehead atoms. The van der Waals surface area contributed by atoms with Gasteiger partial charge in [0.15, 0.2) is 0 Å². The fraction of sp³-hybridized carbons (Fsp3) is 0.300. The van der Waals surface area contributed by atoms with Crippen LogP contribution in [0.5, 0.6) is 0 Å². The molecule has 0 radical (unpaired) electrons. The Bertz CT molecular complexity index is 1010. The number of amides is 1. The lowest BCUT2D eigenvalue weighted by Crippen LogP contribution is -2.45. The fourth-order valence-corrected chi connectivity index (χ4v) is 4.02. The largest absolute Gasteiger partial charge is 0.462 e. The summed E-state index contributed by atoms with van der Waals surface area (Å²) in [7, 11) is -3.76. The number of halogens is 1. The molecule has 2 aromatic rings. The lowest BCUT2D eigenvalue weighted by Gasteiger charge is -2.28. The average Bonchev–Trinajstić information content (AvgIpc) is 2.64. The SMILES string of the molecule is CCOC(=O)c1ccc(NC(=O)[C@@H](C)N(c2ccc(C)c(Cl)c2)S(C)(=O)=O)cc1. The zero-order valence-corrected chi connectivity index (χ0v) is 18.2. The maximum Gasteiger partial charge on any atom is 0.338 e. The fourth-order valence-electron chi connectivity index (χ4n) is 2.68. The number of ether oxygens (including phenoxy) is 1. The summed E-state index contributed by atoms with van der Waals surface area (Å²) in [5.41, 5.74) is 1.86. The molecule has 2 aromatic carbocycles. The number of anilines is 2. The molecule has 0 heterocycles. The third-order valence-corrected chi connectivity index (χ3v) is 5.81. The highest BCUT2D eigenvalue weighted by Crippen LogP contribution is 2.27. The average molecular weight is 439 g/mol. The number of esters is 1. The van der Waals surface area contributed by atoms with E-state index in [-0.39, 0.29) is 6.61 Å². The molecule has 0 saturated heterocycles. The van der Waals surface area contributed by atoms with E-state index in [1.807, 2.05) is 0 Å². The molecule has 0 spiro atoms. The van der Waals surface area contributed by atoms with E-state index in [4.69, 9.17) is 16.3 Å². The molecule has 7 nitrogen and oxygen atoms in total. The van der Waals surface area contributed by atoms with Crippen molar-refractivity contribution in [1.29, 1.82) is 0 Å². The molecule has 0 unspecified atom stereocenters. The molecule has 0 fully saturated rings. The molecular formula is C20H23ClN2O5S. The molecule has 2 rings (SSSR count). The van der Waals surface area contributed by atoms with Crippen molar-refractivity contribution in [3.05, 3.63) is 58.6 Å². The molecule has 0 aliphatic heterocycles. The minimum atomic E-state index is -3.76. The number of aryl methyl sites for hydroxylation is 1. The number of carbonyl (C=O) groups is 2. The number of rotatable bonds is 7. The van der Waals surface area contributed by atoms with Gasteiger partial charge in [0.25, 0.3) is 0 Å². The van der Waals surface area contributed by atoms with Gasteiger partial charge in [0.2, 0.25) is 15.9 Å². The first-order valence-electron chi connectivity index (χ1n) is 8.88. The Hall–Kier alpha value is -2.58. The van der Waals surface area contributed by atoms with Gasteiger partial charge in [-0.3, -0.25) is 9.10 Å². The molecule has 0 saturated carbocycles. The topological polar surface area (TPSA) is 92.8 Å². The maximum atomic E-state index is 12.7. The van der Waals surface area contributed by atoms with Crippen LogP contribution >= 0.6 is 11.6 Å². The number of hydrogen-bond donors (Lipinski definition) is 1. The molecular weight excluding hydrogens is 416 g/mol. The Balaban J connectivity index is 2.23. The number of nitrogens with zero attached hydrogens (tertiary/aromatic N) is 1. The Morgan fingerprint density at radius 3 is 2.31 bits per heavy atom. The smallest absolute Gasteiger partial charge is 0.338 e. The number of benzene rings is 2. The molecule has 0 aliphatic carbocycles. The summed E-state index contributed by atoms with van der Waals surface area (Å²) in [6, 6.07) is 9.89. The second kappa shape index (κ2) is 9.28. The highest BCUT2D eigenvalue weighted by atomic mass is 35.5. The van der Waals surface area contributed by atoms with Crippen molar-refractivity contribution in [2.75, 3.05) is 22.5 Å². The van der Waals surface area contributed by atoms with Gasteiger partial charge in [0.05, 0.1) is 24.1 Å². The third-order valence-electron chi connectivity index (χ3n) is 4.16. The Kier molecular flexibility index (Phi) is 7.26.